The van der Waals surface area contributed by atoms with Gasteiger partial charge in [0.05, 0.1) is 54.5 Å². The predicted molar refractivity (Wildman–Crippen MR) is 505 cm³/mol. The molecule has 2 aliphatic carbocycles. The zero-order valence-corrected chi connectivity index (χ0v) is 85.1. The van der Waals surface area contributed by atoms with Crippen LogP contribution in [-0.2, 0) is 38.7 Å². The monoisotopic (exact) mass is 1770 g/mol. The molecule has 9 rings (SSSR count). The highest BCUT2D eigenvalue weighted by Gasteiger charge is 2.33. The highest BCUT2D eigenvalue weighted by atomic mass is 79.9. The van der Waals surface area contributed by atoms with Crippen molar-refractivity contribution >= 4 is 59.2 Å². The summed E-state index contributed by atoms with van der Waals surface area (Å²) in [5.41, 5.74) is 7.03. The lowest BCUT2D eigenvalue weighted by atomic mass is 9.73. The fraction of sp³-hybridized carbons (Fsp3) is 0.979. The number of morpholine rings is 1. The average molecular weight is 1770 g/mol. The molecule has 0 radical (unpaired) electrons. The van der Waals surface area contributed by atoms with E-state index in [1.165, 1.54) is 114 Å². The number of rotatable bonds is 17. The van der Waals surface area contributed by atoms with Crippen LogP contribution in [0.25, 0.3) is 0 Å². The van der Waals surface area contributed by atoms with E-state index < -0.39 is 25.3 Å². The van der Waals surface area contributed by atoms with E-state index in [4.69, 9.17) is 25.4 Å². The number of nitrogens with zero attached hydrogens (tertiary/aromatic N) is 4. The number of hydrogen-bond donors (Lipinski definition) is 4. The van der Waals surface area contributed by atoms with E-state index in [9.17, 15) is 31.5 Å². The Balaban J connectivity index is 0.00000128. The second-order valence-corrected chi connectivity index (χ2v) is 53.2. The van der Waals surface area contributed by atoms with Crippen LogP contribution in [0.1, 0.15) is 348 Å². The number of likely N-dealkylation sites (tertiary alicyclic amines) is 2. The summed E-state index contributed by atoms with van der Waals surface area (Å²) in [7, 11) is -5.36. The Labute approximate surface area is 732 Å². The van der Waals surface area contributed by atoms with E-state index in [1.54, 1.807) is 0 Å². The maximum absolute atomic E-state index is 12.2. The highest BCUT2D eigenvalue weighted by Crippen LogP contribution is 2.39. The number of halogens is 1. The van der Waals surface area contributed by atoms with E-state index >= 15 is 0 Å². The van der Waals surface area contributed by atoms with Crippen molar-refractivity contribution in [3.05, 3.63) is 0 Å². The quantitative estimate of drug-likeness (QED) is 0.0995. The number of alkyl halides is 1. The predicted octanol–water partition coefficient (Wildman–Crippen LogP) is 21.3. The van der Waals surface area contributed by atoms with Crippen LogP contribution >= 0.6 is 27.7 Å². The number of aliphatic hydroxyl groups excluding tert-OH is 2. The van der Waals surface area contributed by atoms with Gasteiger partial charge in [-0.3, -0.25) is 14.5 Å². The molecule has 5 N–H and O–H groups in total. The molecule has 2 amide bonds. The zero-order chi connectivity index (χ0) is 89.1. The first kappa shape index (κ1) is 115. The van der Waals surface area contributed by atoms with Gasteiger partial charge in [0.1, 0.15) is 9.84 Å². The summed E-state index contributed by atoms with van der Waals surface area (Å²) in [6, 6.07) is 0. The fourth-order valence-electron chi connectivity index (χ4n) is 17.3. The van der Waals surface area contributed by atoms with Gasteiger partial charge in [-0.05, 0) is 277 Å². The largest absolute Gasteiger partial charge is 0.396 e. The molecule has 0 aromatic carbocycles. The lowest BCUT2D eigenvalue weighted by Gasteiger charge is -2.35. The van der Waals surface area contributed by atoms with Gasteiger partial charge in [-0.2, -0.15) is 11.8 Å². The number of piperidine rings is 2. The summed E-state index contributed by atoms with van der Waals surface area (Å²) in [6.07, 6.45) is 28.9. The summed E-state index contributed by atoms with van der Waals surface area (Å²) in [6.45, 7) is 74.5. The molecule has 16 nitrogen and oxygen atoms in total. The lowest BCUT2D eigenvalue weighted by Crippen LogP contribution is -2.47. The topological polar surface area (TPSA) is 221 Å². The van der Waals surface area contributed by atoms with Crippen LogP contribution in [0, 0.1) is 97.6 Å². The van der Waals surface area contributed by atoms with Crippen molar-refractivity contribution in [2.24, 2.45) is 103 Å². The summed E-state index contributed by atoms with van der Waals surface area (Å²) in [5.74, 6) is 13.9. The number of amides is 2. The Morgan fingerprint density at radius 1 is 0.474 bits per heavy atom. The molecular formula is C96H194BrN5O11S3. The molecule has 0 spiro atoms. The third-order valence-corrected chi connectivity index (χ3v) is 27.7. The van der Waals surface area contributed by atoms with Crippen molar-refractivity contribution in [2.75, 3.05) is 140 Å². The molecule has 2 saturated carbocycles. The van der Waals surface area contributed by atoms with Gasteiger partial charge in [-0.25, -0.2) is 16.8 Å². The van der Waals surface area contributed by atoms with E-state index in [-0.39, 0.29) is 28.3 Å². The van der Waals surface area contributed by atoms with E-state index in [0.717, 1.165) is 169 Å². The molecule has 0 aromatic rings. The van der Waals surface area contributed by atoms with E-state index in [2.05, 4.69) is 222 Å². The Morgan fingerprint density at radius 3 is 1.24 bits per heavy atom. The fourth-order valence-corrected chi connectivity index (χ4v) is 21.9. The molecule has 0 bridgehead atoms. The van der Waals surface area contributed by atoms with Gasteiger partial charge < -0.3 is 45.2 Å². The Morgan fingerprint density at radius 2 is 0.879 bits per heavy atom. The van der Waals surface area contributed by atoms with Gasteiger partial charge in [0, 0.05) is 90.0 Å². The number of aliphatic hydroxyl groups is 3. The van der Waals surface area contributed by atoms with Gasteiger partial charge in [0.25, 0.3) is 0 Å². The first-order chi connectivity index (χ1) is 53.1. The third-order valence-electron chi connectivity index (χ3n) is 22.4. The third kappa shape index (κ3) is 68.7. The van der Waals surface area contributed by atoms with Gasteiger partial charge in [0.2, 0.25) is 11.8 Å². The van der Waals surface area contributed by atoms with Crippen molar-refractivity contribution in [2.45, 2.75) is 364 Å². The number of nitrogens with two attached hydrogens (primary N) is 1. The number of ether oxygens (including phenoxy) is 2. The molecule has 7 aliphatic heterocycles. The number of thioether (sulfide) groups is 1. The van der Waals surface area contributed by atoms with Gasteiger partial charge in [-0.15, -0.1) is 0 Å². The molecular weight excluding hydrogens is 1580 g/mol. The summed E-state index contributed by atoms with van der Waals surface area (Å²) in [5, 5.41) is 26.8. The number of hydrogen-bond acceptors (Lipinski definition) is 15. The second-order valence-electron chi connectivity index (χ2n) is 46.1. The first-order valence-corrected chi connectivity index (χ1v) is 52.3. The van der Waals surface area contributed by atoms with Crippen molar-refractivity contribution in [3.63, 3.8) is 0 Å². The number of sulfone groups is 2. The van der Waals surface area contributed by atoms with Crippen LogP contribution in [0.5, 0.6) is 0 Å². The van der Waals surface area contributed by atoms with Crippen LogP contribution in [0.4, 0.5) is 0 Å². The Kier molecular flexibility index (Phi) is 57.5. The van der Waals surface area contributed by atoms with Crippen LogP contribution in [0.15, 0.2) is 0 Å². The Bertz CT molecular complexity index is 2640. The SMILES string of the molecule is CC(C)(C)CC(C)(C)O.CC(C)(C)CC1CC(O)C1.CC(C)(C)CC1CCC(Br)CC1.CC(C)(C)CCO.CC(C)(C)CN1CCC(CN)CC1=O.CC(C)(C)CN1CCS(=O)(=O)CC1.CC(C)CC1CCN(C(=O)CN2CCOCC2)CC1.CC(C)CC1CCOCC1.CC(C)CC1CCS(=O)(=O)CC1.CC(C)CC1CCSCC1. The van der Waals surface area contributed by atoms with Crippen molar-refractivity contribution in [1.82, 2.24) is 19.6 Å². The van der Waals surface area contributed by atoms with E-state index in [1.807, 2.05) is 18.7 Å². The second kappa shape index (κ2) is 57.9. The first-order valence-electron chi connectivity index (χ1n) is 46.6. The minimum absolute atomic E-state index is 0.0207. The molecule has 1 atom stereocenters. The van der Waals surface area contributed by atoms with Crippen LogP contribution in [-0.4, -0.2) is 220 Å². The van der Waals surface area contributed by atoms with E-state index in [0.29, 0.717) is 102 Å². The molecule has 7 saturated heterocycles. The number of carbonyl (C=O) groups is 2. The summed E-state index contributed by atoms with van der Waals surface area (Å²) < 4.78 is 55.0. The summed E-state index contributed by atoms with van der Waals surface area (Å²) >= 11 is 5.82. The van der Waals surface area contributed by atoms with Crippen molar-refractivity contribution in [3.8, 4) is 0 Å². The van der Waals surface area contributed by atoms with Crippen molar-refractivity contribution < 1.29 is 51.2 Å². The number of carbonyl (C=O) groups excluding carboxylic acids is 2. The Hall–Kier alpha value is -0.650. The van der Waals surface area contributed by atoms with Gasteiger partial charge in [0.15, 0.2) is 9.84 Å². The maximum atomic E-state index is 12.2. The van der Waals surface area contributed by atoms with Crippen LogP contribution in [0.2, 0.25) is 0 Å². The molecule has 9 aliphatic rings. The smallest absolute Gasteiger partial charge is 0.236 e. The molecule has 694 valence electrons. The normalized spacial score (nSPS) is 23.8. The standard InChI is InChI=1S/C15H28N2O2.C11H21Br.C11H22N2O.C9H19NO2S.C9H18O2S.2C9H18O.C9H18S.C8H18O.C6H14O/c1-13(2)11-14-3-5-17(6-4-14)15(18)12-16-7-9-19-10-8-16;1-11(2,3)8-9-4-6-10(12)7-5-9;1-11(2,3)8-13-5-4-9(7-12)6-10(13)14;1-9(2,3)8-10-4-6-13(11,12)7-5-10;1-8(2)7-9-3-5-12(10,11)6-4-9;1-9(2,3)6-7-4-8(10)5-7;2*1-8(2)7-9-3-5-10-6-4-9;1-7(2,3)6-8(4,5)9;1-6(2,3)4-5-7/h13-14H,3-12H2,1-2H3;9-10H,4-8H2,1-3H3;9H,4-8,12H2,1-3H3;4-8H2,1-3H3;8-9H,3-7H2,1-2H3;7-8,10H,4-6H2,1-3H3;2*8-9H,3-7H2,1-2H3;9H,6H2,1-5H3;7H,4-5H2,1-3H3. The molecule has 7 heterocycles. The maximum Gasteiger partial charge on any atom is 0.236 e. The minimum Gasteiger partial charge on any atom is -0.396 e. The zero-order valence-electron chi connectivity index (χ0n) is 81.1. The van der Waals surface area contributed by atoms with Gasteiger partial charge >= 0.3 is 0 Å². The molecule has 20 heteroatoms. The average Bonchev–Trinajstić information content (AvgIpc) is 0.859. The molecule has 0 aromatic heterocycles. The summed E-state index contributed by atoms with van der Waals surface area (Å²) in [4.78, 5) is 33.3. The van der Waals surface area contributed by atoms with Gasteiger partial charge in [-0.1, -0.05) is 196 Å². The molecule has 9 fully saturated rings. The lowest BCUT2D eigenvalue weighted by molar-refractivity contribution is -0.136. The molecule has 116 heavy (non-hydrogen) atoms. The highest BCUT2D eigenvalue weighted by molar-refractivity contribution is 9.09. The van der Waals surface area contributed by atoms with Crippen molar-refractivity contribution in [1.29, 1.82) is 0 Å². The van der Waals surface area contributed by atoms with Crippen LogP contribution in [0.3, 0.4) is 0 Å². The minimum atomic E-state index is -2.71. The van der Waals surface area contributed by atoms with Crippen LogP contribution < -0.4 is 5.73 Å². The molecule has 1 unspecified atom stereocenters.